The third-order valence-corrected chi connectivity index (χ3v) is 4.65. The summed E-state index contributed by atoms with van der Waals surface area (Å²) in [7, 11) is 0. The highest BCUT2D eigenvalue weighted by Crippen LogP contribution is 2.08. The summed E-state index contributed by atoms with van der Waals surface area (Å²) in [6.07, 6.45) is 1.82. The van der Waals surface area contributed by atoms with Crippen LogP contribution in [0.4, 0.5) is 4.79 Å². The number of unbranched alkanes of at least 4 members (excludes halogenated alkanes) is 2. The van der Waals surface area contributed by atoms with Crippen LogP contribution in [0.2, 0.25) is 0 Å². The van der Waals surface area contributed by atoms with Crippen molar-refractivity contribution in [2.45, 2.75) is 51.3 Å². The number of amides is 3. The molecule has 0 aliphatic carbocycles. The first-order chi connectivity index (χ1) is 15.1. The summed E-state index contributed by atoms with van der Waals surface area (Å²) < 4.78 is 5.23. The Kier molecular flexibility index (Phi) is 10.6. The normalized spacial score (nSPS) is 11.3. The minimum Gasteiger partial charge on any atom is -0.445 e. The third kappa shape index (κ3) is 9.77. The van der Waals surface area contributed by atoms with Crippen molar-refractivity contribution in [1.29, 1.82) is 0 Å². The molecular formula is C23H29N3O5. The molecule has 0 heterocycles. The number of ether oxygens (including phenoxy) is 1. The minimum absolute atomic E-state index is 0.112. The maximum absolute atomic E-state index is 12.7. The van der Waals surface area contributed by atoms with Gasteiger partial charge >= 0.3 is 6.09 Å². The van der Waals surface area contributed by atoms with Crippen LogP contribution in [0, 0.1) is 0 Å². The van der Waals surface area contributed by atoms with Crippen molar-refractivity contribution in [1.82, 2.24) is 16.1 Å². The lowest BCUT2D eigenvalue weighted by Crippen LogP contribution is -2.46. The van der Waals surface area contributed by atoms with Gasteiger partial charge in [-0.15, -0.1) is 0 Å². The van der Waals surface area contributed by atoms with Gasteiger partial charge < -0.3 is 15.4 Å². The Labute approximate surface area is 181 Å². The Bertz CT molecular complexity index is 814. The molecule has 0 radical (unpaired) electrons. The van der Waals surface area contributed by atoms with Crippen LogP contribution in [0.5, 0.6) is 0 Å². The third-order valence-electron chi connectivity index (χ3n) is 4.65. The maximum Gasteiger partial charge on any atom is 0.408 e. The molecule has 0 unspecified atom stereocenters. The average molecular weight is 428 g/mol. The summed E-state index contributed by atoms with van der Waals surface area (Å²) in [4.78, 5) is 36.0. The van der Waals surface area contributed by atoms with Crippen molar-refractivity contribution in [3.05, 3.63) is 71.8 Å². The number of benzene rings is 2. The van der Waals surface area contributed by atoms with E-state index in [0.29, 0.717) is 32.2 Å². The zero-order chi connectivity index (χ0) is 22.3. The van der Waals surface area contributed by atoms with E-state index in [0.717, 1.165) is 11.1 Å². The van der Waals surface area contributed by atoms with Crippen LogP contribution < -0.4 is 16.1 Å². The van der Waals surface area contributed by atoms with E-state index in [1.807, 2.05) is 60.7 Å². The topological polar surface area (TPSA) is 117 Å². The molecule has 0 spiro atoms. The first-order valence-electron chi connectivity index (χ1n) is 10.3. The minimum atomic E-state index is -0.751. The summed E-state index contributed by atoms with van der Waals surface area (Å²) in [6.45, 7) is 0.467. The van der Waals surface area contributed by atoms with Gasteiger partial charge in [0.1, 0.15) is 12.6 Å². The molecule has 2 aromatic rings. The molecule has 3 amide bonds. The fourth-order valence-corrected chi connectivity index (χ4v) is 2.95. The van der Waals surface area contributed by atoms with Crippen molar-refractivity contribution in [3.8, 4) is 0 Å². The summed E-state index contributed by atoms with van der Waals surface area (Å²) in [5, 5.41) is 14.0. The van der Waals surface area contributed by atoms with Gasteiger partial charge in [-0.2, -0.15) is 0 Å². The summed E-state index contributed by atoms with van der Waals surface area (Å²) in [5.74, 6) is -0.742. The quantitative estimate of drug-likeness (QED) is 0.236. The van der Waals surface area contributed by atoms with Crippen molar-refractivity contribution < 1.29 is 24.3 Å². The molecule has 0 aromatic heterocycles. The molecule has 0 aliphatic rings. The van der Waals surface area contributed by atoms with Gasteiger partial charge in [-0.3, -0.25) is 14.8 Å². The number of rotatable bonds is 12. The largest absolute Gasteiger partial charge is 0.445 e. The Balaban J connectivity index is 1.84. The Morgan fingerprint density at radius 1 is 0.871 bits per heavy atom. The number of alkyl carbamates (subject to hydrolysis) is 1. The van der Waals surface area contributed by atoms with Crippen molar-refractivity contribution in [3.63, 3.8) is 0 Å². The van der Waals surface area contributed by atoms with E-state index in [9.17, 15) is 14.4 Å². The van der Waals surface area contributed by atoms with Crippen molar-refractivity contribution >= 4 is 17.9 Å². The average Bonchev–Trinajstić information content (AvgIpc) is 2.81. The van der Waals surface area contributed by atoms with Crippen LogP contribution in [0.3, 0.4) is 0 Å². The highest BCUT2D eigenvalue weighted by molar-refractivity contribution is 5.85. The standard InChI is InChI=1S/C23H29N3O5/c27-21(26-30)15-9-3-8-14-20(22(28)24-16-18-10-4-1-5-11-18)25-23(29)31-17-19-12-6-2-7-13-19/h1-2,4-7,10-13,20,30H,3,8-9,14-17H2,(H,24,28)(H,25,29)(H,26,27)/t20-/m0/s1. The van der Waals surface area contributed by atoms with Gasteiger partial charge in [0.15, 0.2) is 0 Å². The molecule has 8 nitrogen and oxygen atoms in total. The summed E-state index contributed by atoms with van der Waals surface area (Å²) >= 11 is 0. The number of hydrogen-bond acceptors (Lipinski definition) is 5. The second-order valence-electron chi connectivity index (χ2n) is 7.10. The van der Waals surface area contributed by atoms with Gasteiger partial charge in [0.05, 0.1) is 0 Å². The number of nitrogens with one attached hydrogen (secondary N) is 3. The van der Waals surface area contributed by atoms with Crippen LogP contribution in [-0.2, 0) is 27.5 Å². The lowest BCUT2D eigenvalue weighted by Gasteiger charge is -2.18. The molecule has 166 valence electrons. The van der Waals surface area contributed by atoms with Gasteiger partial charge in [-0.05, 0) is 24.0 Å². The van der Waals surface area contributed by atoms with Gasteiger partial charge in [-0.25, -0.2) is 10.3 Å². The molecule has 0 bridgehead atoms. The number of carbonyl (C=O) groups excluding carboxylic acids is 3. The van der Waals surface area contributed by atoms with E-state index in [1.54, 1.807) is 5.48 Å². The Morgan fingerprint density at radius 2 is 1.52 bits per heavy atom. The number of hydrogen-bond donors (Lipinski definition) is 4. The smallest absolute Gasteiger partial charge is 0.408 e. The fourth-order valence-electron chi connectivity index (χ4n) is 2.95. The molecule has 2 rings (SSSR count). The summed E-state index contributed by atoms with van der Waals surface area (Å²) in [6, 6.07) is 18.0. The van der Waals surface area contributed by atoms with Crippen molar-refractivity contribution in [2.75, 3.05) is 0 Å². The van der Waals surface area contributed by atoms with Crippen LogP contribution >= 0.6 is 0 Å². The predicted molar refractivity (Wildman–Crippen MR) is 115 cm³/mol. The van der Waals surface area contributed by atoms with Crippen LogP contribution in [0.15, 0.2) is 60.7 Å². The molecule has 0 fully saturated rings. The van der Waals surface area contributed by atoms with Gasteiger partial charge in [-0.1, -0.05) is 73.5 Å². The van der Waals surface area contributed by atoms with Crippen LogP contribution in [-0.4, -0.2) is 29.2 Å². The number of hydroxylamine groups is 1. The first kappa shape index (κ1) is 23.9. The van der Waals surface area contributed by atoms with E-state index >= 15 is 0 Å². The molecule has 31 heavy (non-hydrogen) atoms. The van der Waals surface area contributed by atoms with E-state index in [2.05, 4.69) is 10.6 Å². The van der Waals surface area contributed by atoms with E-state index < -0.39 is 18.0 Å². The van der Waals surface area contributed by atoms with Gasteiger partial charge in [0.25, 0.3) is 0 Å². The molecule has 2 aromatic carbocycles. The predicted octanol–water partition coefficient (Wildman–Crippen LogP) is 3.05. The van der Waals surface area contributed by atoms with Gasteiger partial charge in [0.2, 0.25) is 11.8 Å². The highest BCUT2D eigenvalue weighted by Gasteiger charge is 2.21. The summed E-state index contributed by atoms with van der Waals surface area (Å²) in [5.41, 5.74) is 3.40. The molecule has 0 saturated heterocycles. The molecule has 8 heteroatoms. The van der Waals surface area contributed by atoms with E-state index in [4.69, 9.17) is 9.94 Å². The second-order valence-corrected chi connectivity index (χ2v) is 7.10. The fraction of sp³-hybridized carbons (Fsp3) is 0.348. The van der Waals surface area contributed by atoms with E-state index in [-0.39, 0.29) is 18.9 Å². The lowest BCUT2D eigenvalue weighted by atomic mass is 10.1. The maximum atomic E-state index is 12.7. The Hall–Kier alpha value is -3.39. The van der Waals surface area contributed by atoms with Gasteiger partial charge in [0, 0.05) is 13.0 Å². The lowest BCUT2D eigenvalue weighted by molar-refractivity contribution is -0.129. The Morgan fingerprint density at radius 3 is 2.16 bits per heavy atom. The molecule has 0 aliphatic heterocycles. The van der Waals surface area contributed by atoms with E-state index in [1.165, 1.54) is 0 Å². The first-order valence-corrected chi connectivity index (χ1v) is 10.3. The monoisotopic (exact) mass is 427 g/mol. The van der Waals surface area contributed by atoms with Crippen LogP contribution in [0.1, 0.15) is 43.2 Å². The zero-order valence-electron chi connectivity index (χ0n) is 17.4. The molecule has 1 atom stereocenters. The molecule has 4 N–H and O–H groups in total. The SMILES string of the molecule is O=C(CCCCC[C@H](NC(=O)OCc1ccccc1)C(=O)NCc1ccccc1)NO. The number of carbonyl (C=O) groups is 3. The van der Waals surface area contributed by atoms with Crippen LogP contribution in [0.25, 0.3) is 0 Å². The highest BCUT2D eigenvalue weighted by atomic mass is 16.5. The second kappa shape index (κ2) is 13.8. The zero-order valence-corrected chi connectivity index (χ0v) is 17.4. The molecular weight excluding hydrogens is 398 g/mol. The van der Waals surface area contributed by atoms with Crippen molar-refractivity contribution in [2.24, 2.45) is 0 Å². The molecule has 0 saturated carbocycles.